The summed E-state index contributed by atoms with van der Waals surface area (Å²) in [7, 11) is 1.48. The van der Waals surface area contributed by atoms with Crippen LogP contribution >= 0.6 is 0 Å². The number of hydrogen-bond donors (Lipinski definition) is 4. The summed E-state index contributed by atoms with van der Waals surface area (Å²) in [5.74, 6) is -0.672. The summed E-state index contributed by atoms with van der Waals surface area (Å²) in [6, 6.07) is 2.65. The van der Waals surface area contributed by atoms with Gasteiger partial charge in [0, 0.05) is 40.1 Å². The van der Waals surface area contributed by atoms with Crippen molar-refractivity contribution in [2.24, 2.45) is 4.99 Å². The van der Waals surface area contributed by atoms with Crippen LogP contribution in [0.3, 0.4) is 0 Å². The standard InChI is InChI=1S/C43H51NO7/c1-6-8-10-12-14-16-27-28-18-23(3)31(24(4)44-17-15-13-11-9-7-2)40-39-34(28)37-32(25(21-45)19-29(47)35(37)41(27)49)33-26(22-46)20-30(48)36(38(33)39)42(50)43(40)51-5/h18-20,31,45-46,49-50H,6-17,21-22H2,1-5H3. The van der Waals surface area contributed by atoms with Crippen molar-refractivity contribution in [1.82, 2.24) is 0 Å². The topological polar surface area (TPSA) is 137 Å². The van der Waals surface area contributed by atoms with Crippen LogP contribution in [0.1, 0.15) is 126 Å². The number of aromatic hydroxyl groups is 2. The Bertz CT molecular complexity index is 2290. The van der Waals surface area contributed by atoms with Crippen molar-refractivity contribution in [2.75, 3.05) is 13.7 Å². The molecule has 0 bridgehead atoms. The molecule has 4 N–H and O–H groups in total. The molecule has 1 aliphatic carbocycles. The van der Waals surface area contributed by atoms with E-state index in [1.807, 2.05) is 13.8 Å². The fourth-order valence-corrected chi connectivity index (χ4v) is 8.72. The molecule has 0 saturated carbocycles. The molecule has 1 aliphatic rings. The zero-order chi connectivity index (χ0) is 36.6. The number of rotatable bonds is 16. The first kappa shape index (κ1) is 36.5. The van der Waals surface area contributed by atoms with Gasteiger partial charge in [0.25, 0.3) is 0 Å². The van der Waals surface area contributed by atoms with Crippen LogP contribution in [-0.4, -0.2) is 39.8 Å². The molecule has 0 fully saturated rings. The molecule has 0 amide bonds. The molecule has 5 aromatic carbocycles. The summed E-state index contributed by atoms with van der Waals surface area (Å²) in [4.78, 5) is 33.0. The van der Waals surface area contributed by atoms with Crippen LogP contribution in [0.5, 0.6) is 17.2 Å². The van der Waals surface area contributed by atoms with Crippen molar-refractivity contribution in [2.45, 2.75) is 117 Å². The van der Waals surface area contributed by atoms with E-state index in [4.69, 9.17) is 9.73 Å². The van der Waals surface area contributed by atoms with Crippen molar-refractivity contribution in [3.63, 3.8) is 0 Å². The van der Waals surface area contributed by atoms with E-state index in [9.17, 15) is 30.0 Å². The van der Waals surface area contributed by atoms with Gasteiger partial charge in [-0.1, -0.05) is 76.9 Å². The Morgan fingerprint density at radius 3 is 1.84 bits per heavy atom. The Morgan fingerprint density at radius 2 is 1.27 bits per heavy atom. The van der Waals surface area contributed by atoms with E-state index in [1.54, 1.807) is 0 Å². The second-order valence-electron chi connectivity index (χ2n) is 14.3. The Balaban J connectivity index is 1.83. The number of benzene rings is 5. The summed E-state index contributed by atoms with van der Waals surface area (Å²) in [6.07, 6.45) is 13.2. The number of phenolic OH excluding ortho intramolecular Hbond substituents is 2. The van der Waals surface area contributed by atoms with Crippen molar-refractivity contribution in [3.05, 3.63) is 66.0 Å². The van der Waals surface area contributed by atoms with E-state index in [0.717, 1.165) is 74.6 Å². The van der Waals surface area contributed by atoms with Crippen molar-refractivity contribution in [1.29, 1.82) is 0 Å². The van der Waals surface area contributed by atoms with Gasteiger partial charge in [-0.2, -0.15) is 0 Å². The molecule has 6 rings (SSSR count). The van der Waals surface area contributed by atoms with Crippen LogP contribution in [0.25, 0.3) is 49.2 Å². The summed E-state index contributed by atoms with van der Waals surface area (Å²) < 4.78 is 6.01. The maximum absolute atomic E-state index is 14.0. The predicted molar refractivity (Wildman–Crippen MR) is 209 cm³/mol. The molecular weight excluding hydrogens is 642 g/mol. The molecule has 1 atom stereocenters. The van der Waals surface area contributed by atoms with E-state index < -0.39 is 30.0 Å². The van der Waals surface area contributed by atoms with Gasteiger partial charge in [-0.05, 0) is 83.5 Å². The van der Waals surface area contributed by atoms with Gasteiger partial charge >= 0.3 is 0 Å². The highest BCUT2D eigenvalue weighted by Crippen LogP contribution is 2.56. The van der Waals surface area contributed by atoms with Gasteiger partial charge in [-0.3, -0.25) is 14.6 Å². The largest absolute Gasteiger partial charge is 0.507 e. The molecule has 0 spiro atoms. The maximum atomic E-state index is 14.0. The van der Waals surface area contributed by atoms with E-state index in [0.29, 0.717) is 67.5 Å². The summed E-state index contributed by atoms with van der Waals surface area (Å²) in [5.41, 5.74) is 3.53. The molecule has 0 heterocycles. The molecule has 0 aromatic heterocycles. The first-order valence-corrected chi connectivity index (χ1v) is 18.7. The number of aliphatic hydroxyl groups excluding tert-OH is 2. The molecule has 270 valence electrons. The average Bonchev–Trinajstić information content (AvgIpc) is 3.24. The third kappa shape index (κ3) is 6.00. The Labute approximate surface area is 298 Å². The number of unbranched alkanes of at least 4 members (excludes halogenated alkanes) is 8. The van der Waals surface area contributed by atoms with E-state index >= 15 is 0 Å². The Kier molecular flexibility index (Phi) is 10.8. The number of aliphatic hydroxyl groups is 2. The quantitative estimate of drug-likeness (QED) is 0.0351. The summed E-state index contributed by atoms with van der Waals surface area (Å²) in [6.45, 7) is 8.04. The van der Waals surface area contributed by atoms with Gasteiger partial charge in [0.1, 0.15) is 5.75 Å². The van der Waals surface area contributed by atoms with Crippen molar-refractivity contribution in [3.8, 4) is 17.2 Å². The number of hydrogen-bond acceptors (Lipinski definition) is 8. The third-order valence-corrected chi connectivity index (χ3v) is 11.1. The minimum absolute atomic E-state index is 0.0515. The first-order valence-electron chi connectivity index (χ1n) is 18.7. The van der Waals surface area contributed by atoms with E-state index in [1.165, 1.54) is 25.7 Å². The van der Waals surface area contributed by atoms with Gasteiger partial charge < -0.3 is 25.2 Å². The van der Waals surface area contributed by atoms with Crippen LogP contribution in [-0.2, 0) is 19.6 Å². The average molecular weight is 694 g/mol. The number of nitrogens with zero attached hydrogens (tertiary/aromatic N) is 1. The normalized spacial score (nSPS) is 14.8. The lowest BCUT2D eigenvalue weighted by molar-refractivity contribution is 0.282. The molecule has 0 aliphatic heterocycles. The zero-order valence-electron chi connectivity index (χ0n) is 30.7. The van der Waals surface area contributed by atoms with Gasteiger partial charge in [0.15, 0.2) is 22.4 Å². The molecule has 0 saturated heterocycles. The number of methoxy groups -OCH3 is 1. The molecule has 8 nitrogen and oxygen atoms in total. The first-order chi connectivity index (χ1) is 24.7. The Hall–Kier alpha value is -4.27. The number of aliphatic imine (C=N–C) groups is 1. The van der Waals surface area contributed by atoms with Gasteiger partial charge in [-0.15, -0.1) is 0 Å². The van der Waals surface area contributed by atoms with Crippen LogP contribution in [0.4, 0.5) is 0 Å². The highest BCUT2D eigenvalue weighted by molar-refractivity contribution is 6.38. The van der Waals surface area contributed by atoms with Crippen molar-refractivity contribution < 1.29 is 25.2 Å². The molecule has 0 radical (unpaired) electrons. The van der Waals surface area contributed by atoms with Gasteiger partial charge in [-0.25, -0.2) is 0 Å². The second kappa shape index (κ2) is 15.1. The molecule has 5 aromatic rings. The van der Waals surface area contributed by atoms with Crippen LogP contribution in [0.15, 0.2) is 32.3 Å². The Morgan fingerprint density at radius 1 is 0.725 bits per heavy atom. The number of ether oxygens (including phenoxy) is 1. The molecule has 1 unspecified atom stereocenters. The highest BCUT2D eigenvalue weighted by atomic mass is 16.5. The van der Waals surface area contributed by atoms with Crippen LogP contribution in [0, 0.1) is 0 Å². The van der Waals surface area contributed by atoms with Gasteiger partial charge in [0.2, 0.25) is 0 Å². The number of allylic oxidation sites excluding steroid dienone is 1. The SMILES string of the molecule is CCCCCCCN=C(C)C1C(C)=Cc2c(CCCCCCC)c(O)c3c(=O)cc(CO)c4c5c(CO)cc(=O)c6c(O)c(OC)c1c(c2c34)c65. The molecular formula is C43H51NO7. The van der Waals surface area contributed by atoms with E-state index in [2.05, 4.69) is 19.9 Å². The van der Waals surface area contributed by atoms with Gasteiger partial charge in [0.05, 0.1) is 31.1 Å². The number of phenols is 2. The van der Waals surface area contributed by atoms with Crippen molar-refractivity contribution >= 4 is 54.9 Å². The smallest absolute Gasteiger partial charge is 0.190 e. The zero-order valence-corrected chi connectivity index (χ0v) is 30.7. The molecule has 8 heteroatoms. The second-order valence-corrected chi connectivity index (χ2v) is 14.3. The summed E-state index contributed by atoms with van der Waals surface area (Å²) >= 11 is 0. The number of fused-ring (bicyclic) bond motifs is 1. The lowest BCUT2D eigenvalue weighted by atomic mass is 9.78. The highest BCUT2D eigenvalue weighted by Gasteiger charge is 2.36. The predicted octanol–water partition coefficient (Wildman–Crippen LogP) is 8.74. The van der Waals surface area contributed by atoms with Crippen LogP contribution < -0.4 is 15.6 Å². The fraction of sp³-hybridized carbons (Fsp3) is 0.465. The lowest BCUT2D eigenvalue weighted by Gasteiger charge is -2.26. The van der Waals surface area contributed by atoms with Crippen LogP contribution in [0.2, 0.25) is 0 Å². The minimum atomic E-state index is -0.489. The lowest BCUT2D eigenvalue weighted by Crippen LogP contribution is -2.15. The monoisotopic (exact) mass is 693 g/mol. The third-order valence-electron chi connectivity index (χ3n) is 11.1. The fourth-order valence-electron chi connectivity index (χ4n) is 8.72. The minimum Gasteiger partial charge on any atom is -0.507 e. The molecule has 51 heavy (non-hydrogen) atoms. The van der Waals surface area contributed by atoms with E-state index in [-0.39, 0.29) is 28.0 Å². The summed E-state index contributed by atoms with van der Waals surface area (Å²) in [5, 5.41) is 48.9. The maximum Gasteiger partial charge on any atom is 0.190 e.